The monoisotopic (exact) mass is 470 g/mol. The third kappa shape index (κ3) is 6.38. The van der Waals surface area contributed by atoms with Crippen LogP contribution in [0, 0.1) is 5.92 Å². The molecule has 10 heteroatoms. The number of aliphatic hydroxyl groups excluding tert-OH is 1. The number of hydrogen-bond donors (Lipinski definition) is 8. The van der Waals surface area contributed by atoms with Gasteiger partial charge in [0.25, 0.3) is 11.9 Å². The lowest BCUT2D eigenvalue weighted by Crippen LogP contribution is -2.40. The zero-order chi connectivity index (χ0) is 25.0. The van der Waals surface area contributed by atoms with Crippen LogP contribution < -0.4 is 9.47 Å². The predicted molar refractivity (Wildman–Crippen MR) is 117 cm³/mol. The van der Waals surface area contributed by atoms with Gasteiger partial charge in [-0.25, -0.2) is 0 Å². The number of aliphatic hydroxyl groups is 8. The van der Waals surface area contributed by atoms with Crippen molar-refractivity contribution in [3.05, 3.63) is 46.4 Å². The van der Waals surface area contributed by atoms with Gasteiger partial charge in [0.15, 0.2) is 0 Å². The van der Waals surface area contributed by atoms with E-state index >= 15 is 0 Å². The Kier molecular flexibility index (Phi) is 8.75. The fourth-order valence-corrected chi connectivity index (χ4v) is 4.40. The Labute approximate surface area is 192 Å². The molecule has 0 spiro atoms. The summed E-state index contributed by atoms with van der Waals surface area (Å²) in [4.78, 5) is 0. The van der Waals surface area contributed by atoms with Crippen LogP contribution in [0.3, 0.4) is 0 Å². The van der Waals surface area contributed by atoms with Crippen molar-refractivity contribution in [3.8, 4) is 11.5 Å². The number of unbranched alkanes of at least 4 members (excludes halogenated alkanes) is 2. The van der Waals surface area contributed by atoms with Crippen LogP contribution in [-0.4, -0.2) is 67.0 Å². The quantitative estimate of drug-likeness (QED) is 0.108. The highest BCUT2D eigenvalue weighted by molar-refractivity contribution is 5.53. The molecule has 8 N–H and O–H groups in total. The standard InChI is InChI=1S/C23H34O10/c1-4-5-6-7-13-10-17(32-2)19(18(11-13)33-3)16-12-14(22(26,27)28)8-9-15(16)20(21(24)25)23(29,30)31/h10-12,15-16,24-31H,4-9H2,1-3H3. The first-order valence-corrected chi connectivity index (χ1v) is 10.8. The third-order valence-corrected chi connectivity index (χ3v) is 5.95. The van der Waals surface area contributed by atoms with Crippen LogP contribution in [0.4, 0.5) is 0 Å². The predicted octanol–water partition coefficient (Wildman–Crippen LogP) is 1.45. The molecular weight excluding hydrogens is 436 g/mol. The highest BCUT2D eigenvalue weighted by atomic mass is 16.7. The van der Waals surface area contributed by atoms with Gasteiger partial charge in [0.2, 0.25) is 0 Å². The Balaban J connectivity index is 2.73. The fraction of sp³-hybridized carbons (Fsp3) is 0.565. The van der Waals surface area contributed by atoms with Crippen molar-refractivity contribution in [1.82, 2.24) is 0 Å². The summed E-state index contributed by atoms with van der Waals surface area (Å²) >= 11 is 0. The number of allylic oxidation sites excluding steroid dienone is 1. The lowest BCUT2D eigenvalue weighted by molar-refractivity contribution is -0.290. The molecule has 10 nitrogen and oxygen atoms in total. The van der Waals surface area contributed by atoms with Crippen LogP contribution in [0.2, 0.25) is 0 Å². The van der Waals surface area contributed by atoms with Crippen molar-refractivity contribution in [3.63, 3.8) is 0 Å². The maximum atomic E-state index is 9.81. The summed E-state index contributed by atoms with van der Waals surface area (Å²) in [6, 6.07) is 3.53. The number of benzene rings is 1. The van der Waals surface area contributed by atoms with Crippen LogP contribution in [0.25, 0.3) is 0 Å². The molecule has 186 valence electrons. The van der Waals surface area contributed by atoms with E-state index in [4.69, 9.17) is 9.47 Å². The molecule has 1 aromatic carbocycles. The molecule has 1 aliphatic carbocycles. The van der Waals surface area contributed by atoms with Gasteiger partial charge in [-0.05, 0) is 43.4 Å². The fourth-order valence-electron chi connectivity index (χ4n) is 4.40. The Hall–Kier alpha value is -2.34. The Morgan fingerprint density at radius 1 is 0.970 bits per heavy atom. The molecular formula is C23H34O10. The van der Waals surface area contributed by atoms with Gasteiger partial charge in [-0.2, -0.15) is 0 Å². The summed E-state index contributed by atoms with van der Waals surface area (Å²) in [6.45, 7) is 2.09. The number of hydrogen-bond acceptors (Lipinski definition) is 10. The molecule has 0 aliphatic heterocycles. The number of rotatable bonds is 10. The molecule has 0 heterocycles. The van der Waals surface area contributed by atoms with E-state index in [2.05, 4.69) is 6.92 Å². The summed E-state index contributed by atoms with van der Waals surface area (Å²) in [6.07, 6.45) is 4.74. The van der Waals surface area contributed by atoms with Gasteiger partial charge in [0.1, 0.15) is 17.1 Å². The lowest BCUT2D eigenvalue weighted by Gasteiger charge is -2.37. The molecule has 2 unspecified atom stereocenters. The van der Waals surface area contributed by atoms with Gasteiger partial charge in [0.05, 0.1) is 14.2 Å². The summed E-state index contributed by atoms with van der Waals surface area (Å²) in [7, 11) is 2.83. The molecule has 2 atom stereocenters. The van der Waals surface area contributed by atoms with Gasteiger partial charge >= 0.3 is 5.97 Å². The Morgan fingerprint density at radius 2 is 1.55 bits per heavy atom. The summed E-state index contributed by atoms with van der Waals surface area (Å²) in [5, 5.41) is 78.1. The van der Waals surface area contributed by atoms with Gasteiger partial charge < -0.3 is 50.3 Å². The van der Waals surface area contributed by atoms with E-state index in [-0.39, 0.29) is 18.4 Å². The van der Waals surface area contributed by atoms with E-state index in [1.54, 1.807) is 12.1 Å². The molecule has 0 saturated carbocycles. The average Bonchev–Trinajstić information content (AvgIpc) is 2.71. The number of aryl methyl sites for hydroxylation is 1. The number of ether oxygens (including phenoxy) is 2. The second-order valence-corrected chi connectivity index (χ2v) is 8.24. The first-order valence-electron chi connectivity index (χ1n) is 10.8. The van der Waals surface area contributed by atoms with Crippen molar-refractivity contribution >= 4 is 0 Å². The maximum Gasteiger partial charge on any atom is 0.307 e. The van der Waals surface area contributed by atoms with Crippen LogP contribution >= 0.6 is 0 Å². The van der Waals surface area contributed by atoms with Crippen LogP contribution in [-0.2, 0) is 6.42 Å². The van der Waals surface area contributed by atoms with E-state index in [0.29, 0.717) is 17.1 Å². The highest BCUT2D eigenvalue weighted by Gasteiger charge is 2.45. The molecule has 1 aromatic rings. The zero-order valence-electron chi connectivity index (χ0n) is 19.0. The van der Waals surface area contributed by atoms with Crippen molar-refractivity contribution in [1.29, 1.82) is 0 Å². The van der Waals surface area contributed by atoms with Crippen molar-refractivity contribution in [2.45, 2.75) is 63.3 Å². The SMILES string of the molecule is CCCCCc1cc(OC)c(C2C=C(C(O)(O)O)CCC2C(=C(O)O)C(O)(O)O)c(OC)c1. The van der Waals surface area contributed by atoms with Gasteiger partial charge in [-0.1, -0.05) is 25.8 Å². The second-order valence-electron chi connectivity index (χ2n) is 8.24. The Bertz CT molecular complexity index is 847. The van der Waals surface area contributed by atoms with Crippen molar-refractivity contribution in [2.75, 3.05) is 14.2 Å². The summed E-state index contributed by atoms with van der Waals surface area (Å²) in [5.41, 5.74) is 0.156. The minimum absolute atomic E-state index is 0.117. The molecule has 0 fully saturated rings. The summed E-state index contributed by atoms with van der Waals surface area (Å²) < 4.78 is 11.1. The van der Waals surface area contributed by atoms with E-state index in [1.165, 1.54) is 20.3 Å². The topological polar surface area (TPSA) is 180 Å². The normalized spacial score (nSPS) is 19.1. The minimum atomic E-state index is -3.57. The van der Waals surface area contributed by atoms with Crippen molar-refractivity contribution < 1.29 is 50.3 Å². The maximum absolute atomic E-state index is 9.81. The average molecular weight is 471 g/mol. The van der Waals surface area contributed by atoms with Gasteiger partial charge in [0, 0.05) is 23.0 Å². The molecule has 0 radical (unpaired) electrons. The Morgan fingerprint density at radius 3 is 1.97 bits per heavy atom. The van der Waals surface area contributed by atoms with Crippen LogP contribution in [0.1, 0.15) is 56.1 Å². The smallest absolute Gasteiger partial charge is 0.307 e. The second kappa shape index (κ2) is 10.7. The molecule has 0 amide bonds. The van der Waals surface area contributed by atoms with Crippen LogP contribution in [0.15, 0.2) is 35.3 Å². The van der Waals surface area contributed by atoms with E-state index in [1.807, 2.05) is 0 Å². The minimum Gasteiger partial charge on any atom is -0.496 e. The zero-order valence-corrected chi connectivity index (χ0v) is 19.0. The van der Waals surface area contributed by atoms with Crippen LogP contribution in [0.5, 0.6) is 11.5 Å². The molecule has 2 rings (SSSR count). The molecule has 0 bridgehead atoms. The van der Waals surface area contributed by atoms with Gasteiger partial charge in [-0.15, -0.1) is 0 Å². The first-order chi connectivity index (χ1) is 15.3. The lowest BCUT2D eigenvalue weighted by atomic mass is 9.71. The number of methoxy groups -OCH3 is 2. The molecule has 0 aromatic heterocycles. The third-order valence-electron chi connectivity index (χ3n) is 5.95. The highest BCUT2D eigenvalue weighted by Crippen LogP contribution is 2.50. The molecule has 33 heavy (non-hydrogen) atoms. The first kappa shape index (κ1) is 26.9. The molecule has 1 aliphatic rings. The van der Waals surface area contributed by atoms with E-state index < -0.39 is 35.3 Å². The summed E-state index contributed by atoms with van der Waals surface area (Å²) in [5.74, 6) is -9.75. The van der Waals surface area contributed by atoms with E-state index in [9.17, 15) is 40.9 Å². The van der Waals surface area contributed by atoms with Crippen molar-refractivity contribution in [2.24, 2.45) is 5.92 Å². The largest absolute Gasteiger partial charge is 0.496 e. The van der Waals surface area contributed by atoms with Gasteiger partial charge in [-0.3, -0.25) is 0 Å². The molecule has 0 saturated heterocycles. The van der Waals surface area contributed by atoms with E-state index in [0.717, 1.165) is 31.2 Å².